The molecule has 0 aliphatic heterocycles. The lowest BCUT2D eigenvalue weighted by atomic mass is 10.2. The van der Waals surface area contributed by atoms with Crippen molar-refractivity contribution in [1.82, 2.24) is 5.32 Å². The minimum atomic E-state index is 0.676. The van der Waals surface area contributed by atoms with Crippen LogP contribution in [-0.2, 0) is 11.3 Å². The molecule has 3 heteroatoms. The van der Waals surface area contributed by atoms with E-state index in [0.29, 0.717) is 6.61 Å². The molecule has 2 rings (SSSR count). The minimum Gasteiger partial charge on any atom is -0.497 e. The number of hydrogen-bond donors (Lipinski definition) is 1. The summed E-state index contributed by atoms with van der Waals surface area (Å²) in [7, 11) is 1.68. The molecule has 17 heavy (non-hydrogen) atoms. The van der Waals surface area contributed by atoms with Gasteiger partial charge in [0.15, 0.2) is 0 Å². The van der Waals surface area contributed by atoms with Gasteiger partial charge in [0.2, 0.25) is 0 Å². The van der Waals surface area contributed by atoms with Gasteiger partial charge in [-0.15, -0.1) is 0 Å². The smallest absolute Gasteiger partial charge is 0.118 e. The van der Waals surface area contributed by atoms with Crippen LogP contribution in [0.25, 0.3) is 0 Å². The van der Waals surface area contributed by atoms with Gasteiger partial charge in [-0.2, -0.15) is 0 Å². The Balaban J connectivity index is 1.53. The average Bonchev–Trinajstić information content (AvgIpc) is 3.18. The van der Waals surface area contributed by atoms with Crippen molar-refractivity contribution in [2.24, 2.45) is 5.92 Å². The zero-order valence-corrected chi connectivity index (χ0v) is 10.4. The molecule has 0 saturated heterocycles. The maximum absolute atomic E-state index is 5.59. The van der Waals surface area contributed by atoms with Gasteiger partial charge in [-0.25, -0.2) is 0 Å². The van der Waals surface area contributed by atoms with E-state index in [0.717, 1.165) is 31.4 Å². The van der Waals surface area contributed by atoms with Gasteiger partial charge in [0.05, 0.1) is 20.3 Å². The first-order valence-corrected chi connectivity index (χ1v) is 6.30. The first-order valence-electron chi connectivity index (χ1n) is 6.30. The van der Waals surface area contributed by atoms with Crippen molar-refractivity contribution in [2.75, 3.05) is 26.8 Å². The van der Waals surface area contributed by atoms with E-state index >= 15 is 0 Å². The van der Waals surface area contributed by atoms with Crippen LogP contribution in [0.2, 0.25) is 0 Å². The van der Waals surface area contributed by atoms with Gasteiger partial charge in [-0.05, 0) is 43.0 Å². The Hall–Kier alpha value is -1.06. The van der Waals surface area contributed by atoms with Crippen LogP contribution < -0.4 is 10.1 Å². The van der Waals surface area contributed by atoms with Gasteiger partial charge in [-0.1, -0.05) is 12.1 Å². The Morgan fingerprint density at radius 1 is 1.24 bits per heavy atom. The number of methoxy groups -OCH3 is 1. The predicted octanol–water partition coefficient (Wildman–Crippen LogP) is 2.21. The Bertz CT molecular complexity index is 319. The quantitative estimate of drug-likeness (QED) is 0.701. The Kier molecular flexibility index (Phi) is 4.83. The number of nitrogens with one attached hydrogen (secondary N) is 1. The topological polar surface area (TPSA) is 30.5 Å². The summed E-state index contributed by atoms with van der Waals surface area (Å²) in [6.07, 6.45) is 2.80. The molecule has 1 aliphatic rings. The van der Waals surface area contributed by atoms with Crippen LogP contribution in [0.4, 0.5) is 0 Å². The predicted molar refractivity (Wildman–Crippen MR) is 68.2 cm³/mol. The fraction of sp³-hybridized carbons (Fsp3) is 0.571. The van der Waals surface area contributed by atoms with E-state index < -0.39 is 0 Å². The third-order valence-corrected chi connectivity index (χ3v) is 2.98. The highest BCUT2D eigenvalue weighted by atomic mass is 16.5. The molecule has 94 valence electrons. The molecular formula is C14H21NO2. The number of ether oxygens (including phenoxy) is 2. The molecule has 0 amide bonds. The number of rotatable bonds is 8. The van der Waals surface area contributed by atoms with Crippen molar-refractivity contribution >= 4 is 0 Å². The lowest BCUT2D eigenvalue weighted by Crippen LogP contribution is -2.21. The molecule has 1 saturated carbocycles. The van der Waals surface area contributed by atoms with Gasteiger partial charge in [0.1, 0.15) is 5.75 Å². The van der Waals surface area contributed by atoms with Gasteiger partial charge < -0.3 is 14.8 Å². The summed E-state index contributed by atoms with van der Waals surface area (Å²) < 4.78 is 10.7. The minimum absolute atomic E-state index is 0.676. The lowest BCUT2D eigenvalue weighted by Gasteiger charge is -2.06. The monoisotopic (exact) mass is 235 g/mol. The Labute approximate surface area is 103 Å². The summed E-state index contributed by atoms with van der Waals surface area (Å²) in [5, 5.41) is 3.41. The SMILES string of the molecule is COc1ccc(COCCNCC2CC2)cc1. The number of hydrogen-bond acceptors (Lipinski definition) is 3. The molecule has 3 nitrogen and oxygen atoms in total. The van der Waals surface area contributed by atoms with Crippen molar-refractivity contribution in [3.63, 3.8) is 0 Å². The van der Waals surface area contributed by atoms with Crippen LogP contribution in [0, 0.1) is 5.92 Å². The fourth-order valence-electron chi connectivity index (χ4n) is 1.68. The fourth-order valence-corrected chi connectivity index (χ4v) is 1.68. The summed E-state index contributed by atoms with van der Waals surface area (Å²) in [6.45, 7) is 3.56. The molecule has 1 aliphatic carbocycles. The van der Waals surface area contributed by atoms with Crippen molar-refractivity contribution in [3.8, 4) is 5.75 Å². The van der Waals surface area contributed by atoms with E-state index in [9.17, 15) is 0 Å². The molecule has 0 spiro atoms. The largest absolute Gasteiger partial charge is 0.497 e. The van der Waals surface area contributed by atoms with E-state index in [1.807, 2.05) is 24.3 Å². The molecule has 1 aromatic rings. The van der Waals surface area contributed by atoms with Gasteiger partial charge in [0.25, 0.3) is 0 Å². The van der Waals surface area contributed by atoms with Gasteiger partial charge in [0, 0.05) is 6.54 Å². The number of benzene rings is 1. The maximum atomic E-state index is 5.59. The molecule has 1 aromatic carbocycles. The van der Waals surface area contributed by atoms with E-state index in [4.69, 9.17) is 9.47 Å². The summed E-state index contributed by atoms with van der Waals surface area (Å²) >= 11 is 0. The first kappa shape index (κ1) is 12.4. The second-order valence-electron chi connectivity index (χ2n) is 4.55. The maximum Gasteiger partial charge on any atom is 0.118 e. The molecule has 0 unspecified atom stereocenters. The van der Waals surface area contributed by atoms with E-state index in [1.165, 1.54) is 18.4 Å². The second-order valence-corrected chi connectivity index (χ2v) is 4.55. The lowest BCUT2D eigenvalue weighted by molar-refractivity contribution is 0.122. The van der Waals surface area contributed by atoms with Crippen LogP contribution in [0.3, 0.4) is 0 Å². The standard InChI is InChI=1S/C14H21NO2/c1-16-14-6-4-13(5-7-14)11-17-9-8-15-10-12-2-3-12/h4-7,12,15H,2-3,8-11H2,1H3. The Morgan fingerprint density at radius 2 is 2.00 bits per heavy atom. The summed E-state index contributed by atoms with van der Waals surface area (Å²) in [4.78, 5) is 0. The van der Waals surface area contributed by atoms with Crippen LogP contribution in [-0.4, -0.2) is 26.8 Å². The summed E-state index contributed by atoms with van der Waals surface area (Å²) in [5.74, 6) is 1.83. The summed E-state index contributed by atoms with van der Waals surface area (Å²) in [6, 6.07) is 8.00. The van der Waals surface area contributed by atoms with Gasteiger partial charge in [-0.3, -0.25) is 0 Å². The highest BCUT2D eigenvalue weighted by Crippen LogP contribution is 2.27. The molecule has 1 fully saturated rings. The average molecular weight is 235 g/mol. The van der Waals surface area contributed by atoms with E-state index in [1.54, 1.807) is 7.11 Å². The molecule has 0 atom stereocenters. The normalized spacial score (nSPS) is 14.9. The van der Waals surface area contributed by atoms with Gasteiger partial charge >= 0.3 is 0 Å². The molecule has 0 bridgehead atoms. The zero-order valence-electron chi connectivity index (χ0n) is 10.4. The third kappa shape index (κ3) is 4.75. The van der Waals surface area contributed by atoms with Crippen molar-refractivity contribution < 1.29 is 9.47 Å². The van der Waals surface area contributed by atoms with Crippen LogP contribution in [0.5, 0.6) is 5.75 Å². The second kappa shape index (κ2) is 6.62. The van der Waals surface area contributed by atoms with E-state index in [2.05, 4.69) is 5.32 Å². The molecule has 0 radical (unpaired) electrons. The van der Waals surface area contributed by atoms with Crippen LogP contribution in [0.15, 0.2) is 24.3 Å². The van der Waals surface area contributed by atoms with Crippen LogP contribution >= 0.6 is 0 Å². The van der Waals surface area contributed by atoms with Crippen molar-refractivity contribution in [2.45, 2.75) is 19.4 Å². The highest BCUT2D eigenvalue weighted by molar-refractivity contribution is 5.26. The molecule has 0 heterocycles. The molecule has 1 N–H and O–H groups in total. The highest BCUT2D eigenvalue weighted by Gasteiger charge is 2.19. The van der Waals surface area contributed by atoms with Crippen molar-refractivity contribution in [3.05, 3.63) is 29.8 Å². The van der Waals surface area contributed by atoms with Crippen LogP contribution in [0.1, 0.15) is 18.4 Å². The van der Waals surface area contributed by atoms with E-state index in [-0.39, 0.29) is 0 Å². The summed E-state index contributed by atoms with van der Waals surface area (Å²) in [5.41, 5.74) is 1.19. The Morgan fingerprint density at radius 3 is 2.65 bits per heavy atom. The molecule has 0 aromatic heterocycles. The third-order valence-electron chi connectivity index (χ3n) is 2.98. The zero-order chi connectivity index (χ0) is 11.9. The first-order chi connectivity index (χ1) is 8.38. The van der Waals surface area contributed by atoms with Crippen molar-refractivity contribution in [1.29, 1.82) is 0 Å². The molecular weight excluding hydrogens is 214 g/mol.